The summed E-state index contributed by atoms with van der Waals surface area (Å²) in [6.07, 6.45) is 2.36. The molecule has 3 heterocycles. The maximum atomic E-state index is 12.6. The number of hydrogen-bond acceptors (Lipinski definition) is 7. The summed E-state index contributed by atoms with van der Waals surface area (Å²) in [5.41, 5.74) is 0.501. The van der Waals surface area contributed by atoms with Gasteiger partial charge in [0, 0.05) is 51.4 Å². The van der Waals surface area contributed by atoms with Crippen molar-refractivity contribution >= 4 is 40.1 Å². The standard InChI is InChI=1S/C20H20ClN5O5/c21-14-3-6-18(22-13-14)23-8-10-24(11-9-23)19(27)2-1-7-25-16-5-4-15(26(29)30)12-17(16)31-20(25)28/h3-6,12-13H,1-2,7-11H2. The number of halogens is 1. The number of nitrogens with zero attached hydrogens (tertiary/aromatic N) is 5. The van der Waals surface area contributed by atoms with Crippen LogP contribution in [-0.4, -0.2) is 51.5 Å². The summed E-state index contributed by atoms with van der Waals surface area (Å²) in [4.78, 5) is 43.2. The minimum Gasteiger partial charge on any atom is -0.407 e. The van der Waals surface area contributed by atoms with Crippen LogP contribution in [0.15, 0.2) is 45.7 Å². The fraction of sp³-hybridized carbons (Fsp3) is 0.350. The number of benzene rings is 1. The maximum Gasteiger partial charge on any atom is 0.419 e. The number of piperazine rings is 1. The first-order valence-electron chi connectivity index (χ1n) is 9.84. The lowest BCUT2D eigenvalue weighted by Gasteiger charge is -2.35. The number of anilines is 1. The van der Waals surface area contributed by atoms with Gasteiger partial charge in [-0.3, -0.25) is 19.5 Å². The molecule has 10 nitrogen and oxygen atoms in total. The minimum atomic E-state index is -0.591. The number of aryl methyl sites for hydroxylation is 1. The smallest absolute Gasteiger partial charge is 0.407 e. The highest BCUT2D eigenvalue weighted by atomic mass is 35.5. The van der Waals surface area contributed by atoms with E-state index in [0.29, 0.717) is 56.1 Å². The average molecular weight is 446 g/mol. The molecule has 1 aliphatic rings. The molecular formula is C20H20ClN5O5. The Labute approximate surface area is 181 Å². The van der Waals surface area contributed by atoms with Crippen LogP contribution in [0.3, 0.4) is 0 Å². The van der Waals surface area contributed by atoms with E-state index in [9.17, 15) is 19.7 Å². The van der Waals surface area contributed by atoms with Gasteiger partial charge in [0.25, 0.3) is 5.69 Å². The second-order valence-electron chi connectivity index (χ2n) is 7.23. The predicted octanol–water partition coefficient (Wildman–Crippen LogP) is 2.68. The number of carbonyl (C=O) groups is 1. The first kappa shape index (κ1) is 20.9. The summed E-state index contributed by atoms with van der Waals surface area (Å²) >= 11 is 5.87. The molecule has 0 radical (unpaired) electrons. The SMILES string of the molecule is O=C(CCCn1c(=O)oc2cc([N+](=O)[O-])ccc21)N1CCN(c2ccc(Cl)cn2)CC1. The second-order valence-corrected chi connectivity index (χ2v) is 7.67. The summed E-state index contributed by atoms with van der Waals surface area (Å²) in [6, 6.07) is 7.70. The van der Waals surface area contributed by atoms with Gasteiger partial charge < -0.3 is 14.2 Å². The summed E-state index contributed by atoms with van der Waals surface area (Å²) in [6.45, 7) is 2.86. The van der Waals surface area contributed by atoms with E-state index in [1.807, 2.05) is 11.0 Å². The predicted molar refractivity (Wildman–Crippen MR) is 114 cm³/mol. The Morgan fingerprint density at radius 2 is 1.97 bits per heavy atom. The number of aromatic nitrogens is 2. The summed E-state index contributed by atoms with van der Waals surface area (Å²) in [7, 11) is 0. The summed E-state index contributed by atoms with van der Waals surface area (Å²) < 4.78 is 6.51. The lowest BCUT2D eigenvalue weighted by atomic mass is 10.2. The first-order valence-corrected chi connectivity index (χ1v) is 10.2. The lowest BCUT2D eigenvalue weighted by Crippen LogP contribution is -2.49. The molecule has 4 rings (SSSR count). The zero-order valence-electron chi connectivity index (χ0n) is 16.6. The fourth-order valence-corrected chi connectivity index (χ4v) is 3.78. The third-order valence-electron chi connectivity index (χ3n) is 5.30. The van der Waals surface area contributed by atoms with Crippen molar-refractivity contribution in [2.24, 2.45) is 0 Å². The van der Waals surface area contributed by atoms with Gasteiger partial charge >= 0.3 is 5.76 Å². The monoisotopic (exact) mass is 445 g/mol. The number of nitro benzene ring substituents is 1. The molecule has 3 aromatic rings. The Hall–Kier alpha value is -3.40. The van der Waals surface area contributed by atoms with Crippen LogP contribution in [0, 0.1) is 10.1 Å². The molecule has 0 atom stereocenters. The molecular weight excluding hydrogens is 426 g/mol. The Morgan fingerprint density at radius 1 is 1.19 bits per heavy atom. The molecule has 0 aliphatic carbocycles. The highest BCUT2D eigenvalue weighted by Crippen LogP contribution is 2.21. The van der Waals surface area contributed by atoms with Crippen LogP contribution in [0.1, 0.15) is 12.8 Å². The minimum absolute atomic E-state index is 0.0280. The van der Waals surface area contributed by atoms with E-state index in [1.165, 1.54) is 22.8 Å². The van der Waals surface area contributed by atoms with Crippen molar-refractivity contribution < 1.29 is 14.1 Å². The van der Waals surface area contributed by atoms with Crippen molar-refractivity contribution in [1.82, 2.24) is 14.5 Å². The van der Waals surface area contributed by atoms with Crippen LogP contribution in [0.5, 0.6) is 0 Å². The van der Waals surface area contributed by atoms with Gasteiger partial charge in [-0.15, -0.1) is 0 Å². The van der Waals surface area contributed by atoms with Crippen molar-refractivity contribution in [2.45, 2.75) is 19.4 Å². The molecule has 2 aromatic heterocycles. The van der Waals surface area contributed by atoms with E-state index in [1.54, 1.807) is 12.3 Å². The van der Waals surface area contributed by atoms with Crippen LogP contribution < -0.4 is 10.7 Å². The number of oxazole rings is 1. The van der Waals surface area contributed by atoms with Crippen molar-refractivity contribution in [3.05, 3.63) is 62.2 Å². The second kappa shape index (κ2) is 8.76. The largest absolute Gasteiger partial charge is 0.419 e. The van der Waals surface area contributed by atoms with Gasteiger partial charge in [-0.1, -0.05) is 11.6 Å². The molecule has 1 aromatic carbocycles. The van der Waals surface area contributed by atoms with Gasteiger partial charge in [0.05, 0.1) is 21.5 Å². The van der Waals surface area contributed by atoms with E-state index in [2.05, 4.69) is 9.88 Å². The maximum absolute atomic E-state index is 12.6. The van der Waals surface area contributed by atoms with E-state index < -0.39 is 10.7 Å². The number of carbonyl (C=O) groups excluding carboxylic acids is 1. The van der Waals surface area contributed by atoms with E-state index >= 15 is 0 Å². The number of hydrogen-bond donors (Lipinski definition) is 0. The summed E-state index contributed by atoms with van der Waals surface area (Å²) in [5.74, 6) is 0.273. The Morgan fingerprint density at radius 3 is 2.65 bits per heavy atom. The lowest BCUT2D eigenvalue weighted by molar-refractivity contribution is -0.384. The molecule has 162 valence electrons. The number of non-ortho nitro benzene ring substituents is 1. The Kier molecular flexibility index (Phi) is 5.90. The van der Waals surface area contributed by atoms with Crippen LogP contribution in [0.25, 0.3) is 11.1 Å². The Balaban J connectivity index is 1.31. The average Bonchev–Trinajstić information content (AvgIpc) is 3.08. The molecule has 0 N–H and O–H groups in total. The molecule has 1 fully saturated rings. The van der Waals surface area contributed by atoms with E-state index in [4.69, 9.17) is 16.0 Å². The first-order chi connectivity index (χ1) is 14.9. The van der Waals surface area contributed by atoms with Crippen molar-refractivity contribution in [1.29, 1.82) is 0 Å². The van der Waals surface area contributed by atoms with Gasteiger partial charge in [-0.2, -0.15) is 0 Å². The number of amides is 1. The number of pyridine rings is 1. The van der Waals surface area contributed by atoms with Crippen LogP contribution in [-0.2, 0) is 11.3 Å². The molecule has 0 saturated carbocycles. The van der Waals surface area contributed by atoms with Gasteiger partial charge in [-0.05, 0) is 24.6 Å². The third-order valence-corrected chi connectivity index (χ3v) is 5.53. The molecule has 11 heteroatoms. The molecule has 1 aliphatic heterocycles. The summed E-state index contributed by atoms with van der Waals surface area (Å²) in [5, 5.41) is 11.5. The molecule has 1 saturated heterocycles. The number of fused-ring (bicyclic) bond motifs is 1. The van der Waals surface area contributed by atoms with Crippen LogP contribution in [0.4, 0.5) is 11.5 Å². The van der Waals surface area contributed by atoms with Crippen molar-refractivity contribution in [3.63, 3.8) is 0 Å². The zero-order valence-corrected chi connectivity index (χ0v) is 17.3. The molecule has 0 bridgehead atoms. The highest BCUT2D eigenvalue weighted by molar-refractivity contribution is 6.30. The topological polar surface area (TPSA) is 115 Å². The van der Waals surface area contributed by atoms with Crippen LogP contribution >= 0.6 is 11.6 Å². The highest BCUT2D eigenvalue weighted by Gasteiger charge is 2.22. The van der Waals surface area contributed by atoms with Gasteiger partial charge in [0.2, 0.25) is 5.91 Å². The van der Waals surface area contributed by atoms with E-state index in [0.717, 1.165) is 5.82 Å². The molecule has 0 spiro atoms. The van der Waals surface area contributed by atoms with Crippen LogP contribution in [0.2, 0.25) is 5.02 Å². The van der Waals surface area contributed by atoms with Gasteiger partial charge in [0.1, 0.15) is 5.82 Å². The van der Waals surface area contributed by atoms with Crippen molar-refractivity contribution in [3.8, 4) is 0 Å². The van der Waals surface area contributed by atoms with Gasteiger partial charge in [0.15, 0.2) is 5.58 Å². The Bertz CT molecular complexity index is 1160. The van der Waals surface area contributed by atoms with Crippen molar-refractivity contribution in [2.75, 3.05) is 31.1 Å². The fourth-order valence-electron chi connectivity index (χ4n) is 3.67. The molecule has 1 amide bonds. The zero-order chi connectivity index (χ0) is 22.0. The number of rotatable bonds is 6. The van der Waals surface area contributed by atoms with E-state index in [-0.39, 0.29) is 17.2 Å². The molecule has 31 heavy (non-hydrogen) atoms. The quantitative estimate of drug-likeness (QED) is 0.423. The normalized spacial score (nSPS) is 14.2. The molecule has 0 unspecified atom stereocenters. The number of nitro groups is 1. The van der Waals surface area contributed by atoms with Gasteiger partial charge in [-0.25, -0.2) is 9.78 Å². The third kappa shape index (κ3) is 4.53.